The second-order valence-corrected chi connectivity index (χ2v) is 6.49. The van der Waals surface area contributed by atoms with E-state index in [1.807, 2.05) is 18.2 Å². The van der Waals surface area contributed by atoms with E-state index in [2.05, 4.69) is 10.3 Å². The summed E-state index contributed by atoms with van der Waals surface area (Å²) in [6.45, 7) is 0. The lowest BCUT2D eigenvalue weighted by molar-refractivity contribution is -0.111. The molecule has 3 rings (SSSR count). The summed E-state index contributed by atoms with van der Waals surface area (Å²) in [5.41, 5.74) is 2.05. The number of aryl methyl sites for hydroxylation is 2. The molecule has 1 aromatic heterocycles. The number of fused-ring (bicyclic) bond motifs is 1. The lowest BCUT2D eigenvalue weighted by Crippen LogP contribution is -2.07. The molecule has 1 amide bonds. The van der Waals surface area contributed by atoms with E-state index in [0.29, 0.717) is 10.2 Å². The van der Waals surface area contributed by atoms with Crippen molar-refractivity contribution >= 4 is 40.1 Å². The molecule has 0 saturated carbocycles. The van der Waals surface area contributed by atoms with E-state index in [0.717, 1.165) is 24.1 Å². The van der Waals surface area contributed by atoms with Gasteiger partial charge in [-0.1, -0.05) is 23.7 Å². The van der Waals surface area contributed by atoms with Gasteiger partial charge in [-0.25, -0.2) is 4.98 Å². The molecule has 108 valence electrons. The van der Waals surface area contributed by atoms with Gasteiger partial charge in [0.05, 0.1) is 5.69 Å². The number of carbonyl (C=O) groups is 1. The largest absolute Gasteiger partial charge is 0.298 e. The average molecular weight is 319 g/mol. The minimum atomic E-state index is -0.166. The quantitative estimate of drug-likeness (QED) is 0.856. The van der Waals surface area contributed by atoms with Crippen LogP contribution in [-0.4, -0.2) is 10.9 Å². The number of carbonyl (C=O) groups excluding carboxylic acids is 1. The molecule has 2 aromatic rings. The van der Waals surface area contributed by atoms with Crippen LogP contribution in [0.2, 0.25) is 5.02 Å². The molecule has 3 nitrogen and oxygen atoms in total. The summed E-state index contributed by atoms with van der Waals surface area (Å²) in [5.74, 6) is -0.166. The van der Waals surface area contributed by atoms with E-state index in [4.69, 9.17) is 11.6 Å². The smallest absolute Gasteiger partial charge is 0.250 e. The van der Waals surface area contributed by atoms with Crippen LogP contribution in [0.4, 0.5) is 5.13 Å². The standard InChI is InChI=1S/C16H15ClN2OS/c17-12-5-3-4-11(10-12)8-9-15(20)19-16-18-13-6-1-2-7-14(13)21-16/h3-5,8-10H,1-2,6-7H2,(H,18,19,20)/b9-8+. The molecule has 0 spiro atoms. The second kappa shape index (κ2) is 6.41. The number of thiazole rings is 1. The molecule has 5 heteroatoms. The summed E-state index contributed by atoms with van der Waals surface area (Å²) in [4.78, 5) is 17.7. The van der Waals surface area contributed by atoms with Crippen LogP contribution in [0.25, 0.3) is 6.08 Å². The fourth-order valence-electron chi connectivity index (χ4n) is 2.33. The predicted molar refractivity (Wildman–Crippen MR) is 87.9 cm³/mol. The summed E-state index contributed by atoms with van der Waals surface area (Å²) in [6, 6.07) is 7.37. The summed E-state index contributed by atoms with van der Waals surface area (Å²) < 4.78 is 0. The molecule has 0 atom stereocenters. The molecule has 1 N–H and O–H groups in total. The van der Waals surface area contributed by atoms with Crippen molar-refractivity contribution in [2.45, 2.75) is 25.7 Å². The number of anilines is 1. The molecule has 1 aromatic carbocycles. The van der Waals surface area contributed by atoms with E-state index in [1.165, 1.54) is 23.8 Å². The number of hydrogen-bond acceptors (Lipinski definition) is 3. The SMILES string of the molecule is O=C(/C=C/c1cccc(Cl)c1)Nc1nc2c(s1)CCCC2. The van der Waals surface area contributed by atoms with Gasteiger partial charge in [0, 0.05) is 16.0 Å². The summed E-state index contributed by atoms with van der Waals surface area (Å²) in [5, 5.41) is 4.19. The molecular formula is C16H15ClN2OS. The third-order valence-electron chi connectivity index (χ3n) is 3.35. The van der Waals surface area contributed by atoms with Gasteiger partial charge in [-0.15, -0.1) is 11.3 Å². The maximum absolute atomic E-state index is 11.9. The van der Waals surface area contributed by atoms with Crippen LogP contribution >= 0.6 is 22.9 Å². The summed E-state index contributed by atoms with van der Waals surface area (Å²) >= 11 is 7.49. The Morgan fingerprint density at radius 3 is 3.00 bits per heavy atom. The van der Waals surface area contributed by atoms with Gasteiger partial charge in [0.2, 0.25) is 5.91 Å². The Bertz CT molecular complexity index is 670. The van der Waals surface area contributed by atoms with Crippen LogP contribution in [-0.2, 0) is 17.6 Å². The number of benzene rings is 1. The van der Waals surface area contributed by atoms with Gasteiger partial charge in [0.1, 0.15) is 0 Å². The molecule has 0 unspecified atom stereocenters. The fraction of sp³-hybridized carbons (Fsp3) is 0.250. The molecule has 21 heavy (non-hydrogen) atoms. The predicted octanol–water partition coefficient (Wildman–Crippen LogP) is 4.33. The Hall–Kier alpha value is -1.65. The highest BCUT2D eigenvalue weighted by Crippen LogP contribution is 2.29. The number of nitrogens with one attached hydrogen (secondary N) is 1. The van der Waals surface area contributed by atoms with Crippen LogP contribution in [0.5, 0.6) is 0 Å². The Labute approximate surface area is 132 Å². The van der Waals surface area contributed by atoms with E-state index in [9.17, 15) is 4.79 Å². The van der Waals surface area contributed by atoms with Crippen LogP contribution in [0.1, 0.15) is 29.0 Å². The highest BCUT2D eigenvalue weighted by Gasteiger charge is 2.15. The molecule has 0 saturated heterocycles. The molecule has 0 aliphatic heterocycles. The highest BCUT2D eigenvalue weighted by atomic mass is 35.5. The maximum atomic E-state index is 11.9. The first kappa shape index (κ1) is 14.3. The first-order chi connectivity index (χ1) is 10.2. The van der Waals surface area contributed by atoms with Crippen LogP contribution in [0.15, 0.2) is 30.3 Å². The maximum Gasteiger partial charge on any atom is 0.250 e. The van der Waals surface area contributed by atoms with Gasteiger partial charge in [0.25, 0.3) is 0 Å². The minimum absolute atomic E-state index is 0.166. The van der Waals surface area contributed by atoms with Gasteiger partial charge in [-0.3, -0.25) is 10.1 Å². The molecule has 0 fully saturated rings. The average Bonchev–Trinajstić information content (AvgIpc) is 2.87. The molecule has 1 aliphatic rings. The van der Waals surface area contributed by atoms with Gasteiger partial charge in [-0.05, 0) is 49.5 Å². The van der Waals surface area contributed by atoms with Crippen LogP contribution < -0.4 is 5.32 Å². The van der Waals surface area contributed by atoms with Gasteiger partial charge >= 0.3 is 0 Å². The Morgan fingerprint density at radius 1 is 1.33 bits per heavy atom. The zero-order valence-corrected chi connectivity index (χ0v) is 13.0. The second-order valence-electron chi connectivity index (χ2n) is 4.97. The Balaban J connectivity index is 1.65. The molecule has 1 heterocycles. The van der Waals surface area contributed by atoms with Crippen LogP contribution in [0, 0.1) is 0 Å². The minimum Gasteiger partial charge on any atom is -0.298 e. The lowest BCUT2D eigenvalue weighted by Gasteiger charge is -2.06. The molecule has 0 radical (unpaired) electrons. The molecule has 1 aliphatic carbocycles. The van der Waals surface area contributed by atoms with Gasteiger partial charge in [0.15, 0.2) is 5.13 Å². The molecule has 0 bridgehead atoms. The number of hydrogen-bond donors (Lipinski definition) is 1. The zero-order chi connectivity index (χ0) is 14.7. The lowest BCUT2D eigenvalue weighted by atomic mass is 10.0. The summed E-state index contributed by atoms with van der Waals surface area (Å²) in [6.07, 6.45) is 7.78. The van der Waals surface area contributed by atoms with Crippen molar-refractivity contribution in [3.63, 3.8) is 0 Å². The third-order valence-corrected chi connectivity index (χ3v) is 4.66. The molecular weight excluding hydrogens is 304 g/mol. The number of halogens is 1. The zero-order valence-electron chi connectivity index (χ0n) is 11.4. The Morgan fingerprint density at radius 2 is 2.19 bits per heavy atom. The van der Waals surface area contributed by atoms with Crippen molar-refractivity contribution in [3.8, 4) is 0 Å². The number of amides is 1. The first-order valence-electron chi connectivity index (χ1n) is 6.94. The van der Waals surface area contributed by atoms with Gasteiger partial charge < -0.3 is 0 Å². The first-order valence-corrected chi connectivity index (χ1v) is 8.13. The summed E-state index contributed by atoms with van der Waals surface area (Å²) in [7, 11) is 0. The number of nitrogens with zero attached hydrogens (tertiary/aromatic N) is 1. The Kier molecular flexibility index (Phi) is 4.36. The highest BCUT2D eigenvalue weighted by molar-refractivity contribution is 7.15. The van der Waals surface area contributed by atoms with Crippen molar-refractivity contribution < 1.29 is 4.79 Å². The fourth-order valence-corrected chi connectivity index (χ4v) is 3.59. The van der Waals surface area contributed by atoms with Crippen molar-refractivity contribution in [1.82, 2.24) is 4.98 Å². The van der Waals surface area contributed by atoms with Crippen molar-refractivity contribution in [3.05, 3.63) is 51.5 Å². The normalized spacial score (nSPS) is 14.1. The van der Waals surface area contributed by atoms with Crippen molar-refractivity contribution in [1.29, 1.82) is 0 Å². The van der Waals surface area contributed by atoms with Crippen molar-refractivity contribution in [2.24, 2.45) is 0 Å². The van der Waals surface area contributed by atoms with E-state index in [1.54, 1.807) is 23.5 Å². The third kappa shape index (κ3) is 3.71. The monoisotopic (exact) mass is 318 g/mol. The van der Waals surface area contributed by atoms with Crippen LogP contribution in [0.3, 0.4) is 0 Å². The van der Waals surface area contributed by atoms with E-state index < -0.39 is 0 Å². The van der Waals surface area contributed by atoms with E-state index >= 15 is 0 Å². The van der Waals surface area contributed by atoms with Gasteiger partial charge in [-0.2, -0.15) is 0 Å². The number of aromatic nitrogens is 1. The van der Waals surface area contributed by atoms with E-state index in [-0.39, 0.29) is 5.91 Å². The van der Waals surface area contributed by atoms with Crippen molar-refractivity contribution in [2.75, 3.05) is 5.32 Å². The number of rotatable bonds is 3. The topological polar surface area (TPSA) is 42.0 Å².